The van der Waals surface area contributed by atoms with Gasteiger partial charge in [0.1, 0.15) is 13.2 Å². The van der Waals surface area contributed by atoms with Crippen LogP contribution in [-0.2, 0) is 28.6 Å². The average Bonchev–Trinajstić information content (AvgIpc) is 3.46. The van der Waals surface area contributed by atoms with Crippen molar-refractivity contribution < 1.29 is 28.6 Å². The van der Waals surface area contributed by atoms with Crippen molar-refractivity contribution in [2.24, 2.45) is 0 Å². The van der Waals surface area contributed by atoms with Gasteiger partial charge in [-0.05, 0) is 96.3 Å². The van der Waals surface area contributed by atoms with Crippen LogP contribution in [0.4, 0.5) is 0 Å². The number of esters is 3. The van der Waals surface area contributed by atoms with Gasteiger partial charge in [-0.15, -0.1) is 0 Å². The molecular formula is C74H130O6. The Balaban J connectivity index is 4.14. The molecule has 0 rings (SSSR count). The van der Waals surface area contributed by atoms with Crippen molar-refractivity contribution in [1.82, 2.24) is 0 Å². The van der Waals surface area contributed by atoms with E-state index in [0.29, 0.717) is 19.3 Å². The zero-order chi connectivity index (χ0) is 57.8. The first kappa shape index (κ1) is 76.6. The molecule has 6 heteroatoms. The molecule has 0 amide bonds. The second-order valence-corrected chi connectivity index (χ2v) is 23.1. The molecule has 0 N–H and O–H groups in total. The van der Waals surface area contributed by atoms with Crippen molar-refractivity contribution in [3.63, 3.8) is 0 Å². The Hall–Kier alpha value is -3.41. The topological polar surface area (TPSA) is 78.9 Å². The number of rotatable bonds is 63. The minimum absolute atomic E-state index is 0.0793. The van der Waals surface area contributed by atoms with Crippen LogP contribution in [0.1, 0.15) is 348 Å². The van der Waals surface area contributed by atoms with Crippen molar-refractivity contribution in [3.8, 4) is 0 Å². The Morgan fingerprint density at radius 2 is 0.487 bits per heavy atom. The van der Waals surface area contributed by atoms with Crippen LogP contribution >= 0.6 is 0 Å². The van der Waals surface area contributed by atoms with Gasteiger partial charge in [-0.1, -0.05) is 318 Å². The van der Waals surface area contributed by atoms with Crippen LogP contribution < -0.4 is 0 Å². The maximum Gasteiger partial charge on any atom is 0.306 e. The van der Waals surface area contributed by atoms with Crippen LogP contribution in [0.5, 0.6) is 0 Å². The van der Waals surface area contributed by atoms with Crippen molar-refractivity contribution in [2.45, 2.75) is 354 Å². The highest BCUT2D eigenvalue weighted by Gasteiger charge is 2.19. The van der Waals surface area contributed by atoms with Gasteiger partial charge in [-0.25, -0.2) is 0 Å². The van der Waals surface area contributed by atoms with E-state index in [1.165, 1.54) is 199 Å². The largest absolute Gasteiger partial charge is 0.462 e. The van der Waals surface area contributed by atoms with Crippen LogP contribution in [0, 0.1) is 0 Å². The van der Waals surface area contributed by atoms with E-state index < -0.39 is 6.10 Å². The summed E-state index contributed by atoms with van der Waals surface area (Å²) in [6.07, 6.45) is 90.6. The minimum atomic E-state index is -0.783. The summed E-state index contributed by atoms with van der Waals surface area (Å²) in [6.45, 7) is 6.52. The summed E-state index contributed by atoms with van der Waals surface area (Å²) in [6, 6.07) is 0. The molecule has 0 saturated carbocycles. The fourth-order valence-corrected chi connectivity index (χ4v) is 9.97. The first-order valence-electron chi connectivity index (χ1n) is 34.6. The monoisotopic (exact) mass is 1110 g/mol. The van der Waals surface area contributed by atoms with Gasteiger partial charge in [0.05, 0.1) is 0 Å². The fraction of sp³-hybridized carbons (Fsp3) is 0.770. The molecule has 6 nitrogen and oxygen atoms in total. The number of hydrogen-bond donors (Lipinski definition) is 0. The lowest BCUT2D eigenvalue weighted by Crippen LogP contribution is -2.30. The Morgan fingerprint density at radius 1 is 0.263 bits per heavy atom. The van der Waals surface area contributed by atoms with Crippen molar-refractivity contribution in [2.75, 3.05) is 13.2 Å². The molecule has 0 aliphatic carbocycles. The number of carbonyl (C=O) groups excluding carboxylic acids is 3. The zero-order valence-electron chi connectivity index (χ0n) is 53.1. The fourth-order valence-electron chi connectivity index (χ4n) is 9.97. The Morgan fingerprint density at radius 3 is 0.775 bits per heavy atom. The predicted octanol–water partition coefficient (Wildman–Crippen LogP) is 23.8. The van der Waals surface area contributed by atoms with Crippen LogP contribution in [-0.4, -0.2) is 37.2 Å². The molecular weight excluding hydrogens is 985 g/mol. The molecule has 0 aliphatic heterocycles. The second-order valence-electron chi connectivity index (χ2n) is 23.1. The van der Waals surface area contributed by atoms with E-state index in [2.05, 4.69) is 106 Å². The quantitative estimate of drug-likeness (QED) is 0.0261. The lowest BCUT2D eigenvalue weighted by Gasteiger charge is -2.18. The van der Waals surface area contributed by atoms with E-state index in [0.717, 1.165) is 109 Å². The first-order valence-corrected chi connectivity index (χ1v) is 34.6. The predicted molar refractivity (Wildman–Crippen MR) is 348 cm³/mol. The van der Waals surface area contributed by atoms with Crippen molar-refractivity contribution in [3.05, 3.63) is 85.1 Å². The highest BCUT2D eigenvalue weighted by Crippen LogP contribution is 2.17. The number of carbonyl (C=O) groups is 3. The summed E-state index contributed by atoms with van der Waals surface area (Å²) in [5.74, 6) is -0.884. The molecule has 0 saturated heterocycles. The Labute approximate surface area is 496 Å². The Bertz CT molecular complexity index is 1520. The maximum absolute atomic E-state index is 12.9. The Kier molecular flexibility index (Phi) is 65.2. The summed E-state index contributed by atoms with van der Waals surface area (Å²) in [4.78, 5) is 38.2. The van der Waals surface area contributed by atoms with Crippen LogP contribution in [0.3, 0.4) is 0 Å². The van der Waals surface area contributed by atoms with Gasteiger partial charge >= 0.3 is 17.9 Å². The van der Waals surface area contributed by atoms with Gasteiger partial charge in [-0.3, -0.25) is 14.4 Å². The lowest BCUT2D eigenvalue weighted by molar-refractivity contribution is -0.167. The summed E-state index contributed by atoms with van der Waals surface area (Å²) >= 11 is 0. The van der Waals surface area contributed by atoms with E-state index in [-0.39, 0.29) is 31.1 Å². The number of hydrogen-bond acceptors (Lipinski definition) is 6. The van der Waals surface area contributed by atoms with Crippen molar-refractivity contribution >= 4 is 17.9 Å². The summed E-state index contributed by atoms with van der Waals surface area (Å²) in [5.41, 5.74) is 0. The third-order valence-corrected chi connectivity index (χ3v) is 15.1. The molecule has 0 aromatic heterocycles. The number of unbranched alkanes of at least 4 members (excludes halogenated alkanes) is 38. The third kappa shape index (κ3) is 65.4. The second kappa shape index (κ2) is 68.1. The highest BCUT2D eigenvalue weighted by atomic mass is 16.6. The molecule has 0 spiro atoms. The summed E-state index contributed by atoms with van der Waals surface area (Å²) in [5, 5.41) is 0. The summed E-state index contributed by atoms with van der Waals surface area (Å²) in [7, 11) is 0. The molecule has 0 bridgehead atoms. The van der Waals surface area contributed by atoms with Crippen LogP contribution in [0.2, 0.25) is 0 Å². The van der Waals surface area contributed by atoms with Gasteiger partial charge in [0.15, 0.2) is 6.10 Å². The summed E-state index contributed by atoms with van der Waals surface area (Å²) < 4.78 is 16.9. The van der Waals surface area contributed by atoms with Gasteiger partial charge < -0.3 is 14.2 Å². The molecule has 0 heterocycles. The molecule has 80 heavy (non-hydrogen) atoms. The first-order chi connectivity index (χ1) is 39.5. The van der Waals surface area contributed by atoms with E-state index in [1.54, 1.807) is 0 Å². The average molecular weight is 1120 g/mol. The number of allylic oxidation sites excluding steroid dienone is 14. The maximum atomic E-state index is 12.9. The zero-order valence-corrected chi connectivity index (χ0v) is 53.1. The van der Waals surface area contributed by atoms with E-state index in [9.17, 15) is 14.4 Å². The van der Waals surface area contributed by atoms with Gasteiger partial charge in [0, 0.05) is 19.3 Å². The smallest absolute Gasteiger partial charge is 0.306 e. The molecule has 0 fully saturated rings. The van der Waals surface area contributed by atoms with Gasteiger partial charge in [0.2, 0.25) is 0 Å². The number of ether oxygens (including phenoxy) is 3. The third-order valence-electron chi connectivity index (χ3n) is 15.1. The molecule has 0 aromatic carbocycles. The standard InChI is InChI=1S/C74H130O6/c1-4-7-10-13-16-19-21-23-25-27-29-31-33-35-36-37-38-40-41-43-45-47-49-51-53-55-58-61-64-67-73(76)79-70-71(69-78-72(75)66-63-60-57-18-15-12-9-6-3)80-74(77)68-65-62-59-56-54-52-50-48-46-44-42-39-34-32-30-28-26-24-22-20-17-14-11-8-5-2/h8,11,17,20,24,26-27,29-30,32,39,42,46,48,71H,4-7,9-10,12-16,18-19,21-23,25,28,31,33-38,40-41,43-45,47,49-70H2,1-3H3/b11-8-,20-17-,26-24-,29-27-,32-30-,42-39-,48-46-. The van der Waals surface area contributed by atoms with E-state index in [4.69, 9.17) is 14.2 Å². The van der Waals surface area contributed by atoms with Gasteiger partial charge in [0.25, 0.3) is 0 Å². The van der Waals surface area contributed by atoms with Gasteiger partial charge in [-0.2, -0.15) is 0 Å². The molecule has 0 aromatic rings. The van der Waals surface area contributed by atoms with Crippen molar-refractivity contribution in [1.29, 1.82) is 0 Å². The molecule has 0 aliphatic rings. The normalized spacial score (nSPS) is 12.6. The molecule has 1 atom stereocenters. The van der Waals surface area contributed by atoms with Crippen LogP contribution in [0.25, 0.3) is 0 Å². The SMILES string of the molecule is CC/C=C\C/C=C\C/C=C\C/C=C\C/C=C\C/C=C\CCCCCCCCC(=O)OC(COC(=O)CCCCCCCCCC)COC(=O)CCCCCCCCCCCCCCCCCCC/C=C\CCCCCCCCCC. The highest BCUT2D eigenvalue weighted by molar-refractivity contribution is 5.71. The lowest BCUT2D eigenvalue weighted by atomic mass is 10.0. The van der Waals surface area contributed by atoms with E-state index >= 15 is 0 Å². The van der Waals surface area contributed by atoms with E-state index in [1.807, 2.05) is 0 Å². The van der Waals surface area contributed by atoms with Crippen LogP contribution in [0.15, 0.2) is 85.1 Å². The minimum Gasteiger partial charge on any atom is -0.462 e. The molecule has 1 unspecified atom stereocenters. The molecule has 0 radical (unpaired) electrons. The molecule has 462 valence electrons.